The molecule has 1 atom stereocenters. The predicted molar refractivity (Wildman–Crippen MR) is 94.9 cm³/mol. The first-order valence-corrected chi connectivity index (χ1v) is 8.54. The summed E-state index contributed by atoms with van der Waals surface area (Å²) < 4.78 is 14.8. The molecule has 142 valence electrons. The maximum atomic E-state index is 4.95. The third-order valence-corrected chi connectivity index (χ3v) is 4.50. The Kier molecular flexibility index (Phi) is 25.3. The molecule has 6 heteroatoms. The summed E-state index contributed by atoms with van der Waals surface area (Å²) in [5.41, 5.74) is 0.481. The Morgan fingerprint density at radius 3 is 1.28 bits per heavy atom. The Labute approximate surface area is 140 Å². The molecule has 0 aliphatic carbocycles. The van der Waals surface area contributed by atoms with E-state index in [1.165, 1.54) is 19.3 Å². The van der Waals surface area contributed by atoms with E-state index in [1.54, 1.807) is 0 Å². The van der Waals surface area contributed by atoms with E-state index in [0.29, 0.717) is 18.6 Å². The van der Waals surface area contributed by atoms with Crippen molar-refractivity contribution in [3.63, 3.8) is 0 Å². The van der Waals surface area contributed by atoms with Crippen LogP contribution in [-0.4, -0.2) is 19.8 Å². The van der Waals surface area contributed by atoms with E-state index in [2.05, 4.69) is 55.9 Å². The van der Waals surface area contributed by atoms with Crippen LogP contribution in [-0.2, 0) is 14.2 Å². The SMILES string of the molecule is [CH2-]OCC(C)(CC)CCC.[CH2-]OCC(CC)(CCC)CO[CH2-].[Rf].[Rf].[Rf]. The third-order valence-electron chi connectivity index (χ3n) is 4.50. The first-order chi connectivity index (χ1) is 10.4. The molecule has 0 saturated heterocycles. The van der Waals surface area contributed by atoms with Crippen LogP contribution in [0.1, 0.15) is 73.1 Å². The van der Waals surface area contributed by atoms with Gasteiger partial charge in [0.25, 0.3) is 0 Å². The van der Waals surface area contributed by atoms with Crippen molar-refractivity contribution in [1.29, 1.82) is 0 Å². The monoisotopic (exact) mass is 1120 g/mol. The fourth-order valence-electron chi connectivity index (χ4n) is 2.73. The molecule has 25 heavy (non-hydrogen) atoms. The quantitative estimate of drug-likeness (QED) is 0.232. The summed E-state index contributed by atoms with van der Waals surface area (Å²) in [4.78, 5) is 0. The summed E-state index contributed by atoms with van der Waals surface area (Å²) in [5.74, 6) is 0. The van der Waals surface area contributed by atoms with Crippen molar-refractivity contribution >= 4 is 0 Å². The van der Waals surface area contributed by atoms with Gasteiger partial charge in [0.1, 0.15) is 0 Å². The third kappa shape index (κ3) is 14.2. The summed E-state index contributed by atoms with van der Waals surface area (Å²) in [6.07, 6.45) is 6.93. The van der Waals surface area contributed by atoms with Gasteiger partial charge in [-0.1, -0.05) is 47.5 Å². The maximum absolute atomic E-state index is 4.95. The summed E-state index contributed by atoms with van der Waals surface area (Å²) >= 11 is 0. The molecule has 1 unspecified atom stereocenters. The van der Waals surface area contributed by atoms with E-state index in [4.69, 9.17) is 14.2 Å². The zero-order valence-corrected chi connectivity index (χ0v) is 37.0. The Morgan fingerprint density at radius 2 is 1.04 bits per heavy atom. The van der Waals surface area contributed by atoms with Crippen LogP contribution in [0.4, 0.5) is 0 Å². The van der Waals surface area contributed by atoms with Crippen molar-refractivity contribution in [3.8, 4) is 0 Å². The largest absolute Gasteiger partial charge is 0.555 e. The first kappa shape index (κ1) is 33.5. The molecule has 0 N–H and O–H groups in total. The molecule has 0 aromatic heterocycles. The van der Waals surface area contributed by atoms with Gasteiger partial charge in [-0.2, -0.15) is 0 Å². The smallest absolute Gasteiger partial charge is 0.0189 e. The van der Waals surface area contributed by atoms with Crippen molar-refractivity contribution < 1.29 is 14.2 Å². The first-order valence-electron chi connectivity index (χ1n) is 8.54. The zero-order chi connectivity index (χ0) is 17.5. The molecule has 0 saturated carbocycles. The predicted octanol–water partition coefficient (Wildman–Crippen LogP) is 5.81. The number of ether oxygens (including phenoxy) is 3. The molecule has 0 heterocycles. The number of hydrogen-bond acceptors (Lipinski definition) is 3. The van der Waals surface area contributed by atoms with Gasteiger partial charge in [-0.05, 0) is 31.1 Å². The standard InChI is InChI=1S/C10H20O2.C9H19O.3Rf/c1-5-7-10(6-2,8-11-3)9-12-4;1-5-7-9(3,6-2)8-10-4;;;/h3-9H2,1-2H3;4-8H2,1-3H3;;;/q-2;-1;;;. The van der Waals surface area contributed by atoms with Gasteiger partial charge in [0, 0.05) is 25.2 Å². The van der Waals surface area contributed by atoms with E-state index in [9.17, 15) is 0 Å². The van der Waals surface area contributed by atoms with Crippen molar-refractivity contribution in [1.82, 2.24) is 0 Å². The average molecular weight is 1120 g/mol. The van der Waals surface area contributed by atoms with Gasteiger partial charge in [-0.25, -0.2) is 21.3 Å². The van der Waals surface area contributed by atoms with E-state index >= 15 is 0 Å². The summed E-state index contributed by atoms with van der Waals surface area (Å²) in [5, 5.41) is 0. The van der Waals surface area contributed by atoms with E-state index < -0.39 is 0 Å². The summed E-state index contributed by atoms with van der Waals surface area (Å²) in [6, 6.07) is 0. The van der Waals surface area contributed by atoms with E-state index in [1.807, 2.05) is 0 Å². The molecule has 0 fully saturated rings. The van der Waals surface area contributed by atoms with Crippen molar-refractivity contribution in [3.05, 3.63) is 21.3 Å². The molecule has 3 nitrogen and oxygen atoms in total. The van der Waals surface area contributed by atoms with Gasteiger partial charge in [0.2, 0.25) is 0 Å². The van der Waals surface area contributed by atoms with Gasteiger partial charge in [-0.15, -0.1) is 0 Å². The minimum absolute atomic E-state index is 0. The van der Waals surface area contributed by atoms with Gasteiger partial charge in [-0.3, -0.25) is 0 Å². The Morgan fingerprint density at radius 1 is 0.640 bits per heavy atom. The van der Waals surface area contributed by atoms with Crippen LogP contribution in [0.3, 0.4) is 0 Å². The van der Waals surface area contributed by atoms with E-state index in [-0.39, 0.29) is 5.41 Å². The summed E-state index contributed by atoms with van der Waals surface area (Å²) in [7, 11) is 10.2. The van der Waals surface area contributed by atoms with Gasteiger partial charge in [0.05, 0.1) is 0 Å². The van der Waals surface area contributed by atoms with Crippen molar-refractivity contribution in [2.75, 3.05) is 19.8 Å². The Hall–Kier alpha value is -3.12. The van der Waals surface area contributed by atoms with Crippen LogP contribution in [0.5, 0.6) is 0 Å². The molecule has 0 amide bonds. The topological polar surface area (TPSA) is 27.7 Å². The minimum Gasteiger partial charge on any atom is -0.555 e. The molecule has 0 aliphatic rings. The second-order valence-electron chi connectivity index (χ2n) is 6.56. The molecular formula is C19H39O3Rf3-3. The molecule has 0 aromatic rings. The average Bonchev–Trinajstić information content (AvgIpc) is 2.49. The van der Waals surface area contributed by atoms with Gasteiger partial charge in [0.15, 0.2) is 0 Å². The molecule has 0 aliphatic heterocycles. The fraction of sp³-hybridized carbons (Fsp3) is 0.842. The molecule has 0 radical (unpaired) electrons. The second kappa shape index (κ2) is 18.9. The summed E-state index contributed by atoms with van der Waals surface area (Å²) in [6.45, 7) is 13.1. The van der Waals surface area contributed by atoms with Crippen LogP contribution >= 0.6 is 0 Å². The second-order valence-corrected chi connectivity index (χ2v) is 6.56. The Bertz CT molecular complexity index is 219. The van der Waals surface area contributed by atoms with Crippen LogP contribution in [0.25, 0.3) is 0 Å². The number of hydrogen-bond donors (Lipinski definition) is 0. The molecule has 0 spiro atoms. The molecule has 0 aromatic carbocycles. The maximum Gasteiger partial charge on any atom is 0.0189 e. The van der Waals surface area contributed by atoms with E-state index in [0.717, 1.165) is 25.9 Å². The van der Waals surface area contributed by atoms with Gasteiger partial charge < -0.3 is 14.2 Å². The van der Waals surface area contributed by atoms with Crippen LogP contribution < -0.4 is 0 Å². The fourth-order valence-corrected chi connectivity index (χ4v) is 2.73. The molecule has 0 rings (SSSR count). The normalized spacial score (nSPS) is 12.5. The van der Waals surface area contributed by atoms with Crippen LogP contribution in [0, 0.1) is 32.2 Å². The Balaban J connectivity index is -0.0000000964. The van der Waals surface area contributed by atoms with Crippen molar-refractivity contribution in [2.24, 2.45) is 10.8 Å². The minimum atomic E-state index is 0. The molecule has 0 bridgehead atoms. The zero-order valence-electron chi connectivity index (χ0n) is 17.8. The van der Waals surface area contributed by atoms with Crippen LogP contribution in [0.2, 0.25) is 0 Å². The van der Waals surface area contributed by atoms with Crippen molar-refractivity contribution in [2.45, 2.75) is 73.1 Å². The van der Waals surface area contributed by atoms with Gasteiger partial charge >= 0.3 is 0 Å². The van der Waals surface area contributed by atoms with Crippen LogP contribution in [0.15, 0.2) is 0 Å². The number of rotatable bonds is 12. The molecular weight excluding hydrogens is 1080 g/mol.